The molecule has 1 aliphatic rings. The van der Waals surface area contributed by atoms with E-state index >= 15 is 4.39 Å². The van der Waals surface area contributed by atoms with Gasteiger partial charge in [0.15, 0.2) is 5.13 Å². The maximum Gasteiger partial charge on any atom is 0.194 e. The fourth-order valence-electron chi connectivity index (χ4n) is 13.8. The van der Waals surface area contributed by atoms with E-state index in [1.165, 1.54) is 27.8 Å². The molecular weight excluding hydrogens is 751 g/mol. The van der Waals surface area contributed by atoms with E-state index in [0.717, 1.165) is 18.4 Å². The molecule has 6 aromatic carbocycles. The van der Waals surface area contributed by atoms with E-state index in [-0.39, 0.29) is 17.8 Å². The molecule has 0 nitrogen and oxygen atoms in total. The molecule has 4 atom stereocenters. The molecule has 1 aliphatic carbocycles. The Bertz CT molecular complexity index is 2170. The molecule has 0 radical (unpaired) electrons. The minimum absolute atomic E-state index is 0.0928. The van der Waals surface area contributed by atoms with Gasteiger partial charge in [0, 0.05) is 11.8 Å². The third-order valence-corrected chi connectivity index (χ3v) is 17.0. The molecular formula is C58H66ClF. The maximum atomic E-state index is 20.6. The van der Waals surface area contributed by atoms with Crippen molar-refractivity contribution in [3.8, 4) is 0 Å². The van der Waals surface area contributed by atoms with E-state index in [1.54, 1.807) is 0 Å². The van der Waals surface area contributed by atoms with Crippen LogP contribution in [0, 0.1) is 38.4 Å². The molecule has 1 saturated carbocycles. The number of hydrogen-bond acceptors (Lipinski definition) is 0. The number of benzene rings is 6. The first-order valence-corrected chi connectivity index (χ1v) is 22.7. The van der Waals surface area contributed by atoms with E-state index < -0.39 is 32.2 Å². The van der Waals surface area contributed by atoms with Crippen LogP contribution in [0.2, 0.25) is 0 Å². The van der Waals surface area contributed by atoms with Crippen LogP contribution in [-0.2, 0) is 38.5 Å². The summed E-state index contributed by atoms with van der Waals surface area (Å²) in [6.45, 7) is 17.2. The smallest absolute Gasteiger partial charge is 0.194 e. The van der Waals surface area contributed by atoms with E-state index in [1.807, 2.05) is 18.2 Å². The van der Waals surface area contributed by atoms with Crippen molar-refractivity contribution in [1.29, 1.82) is 0 Å². The quantitative estimate of drug-likeness (QED) is 0.0906. The molecule has 312 valence electrons. The fourth-order valence-corrected chi connectivity index (χ4v) is 14.5. The van der Waals surface area contributed by atoms with Crippen LogP contribution in [0.5, 0.6) is 0 Å². The highest BCUT2D eigenvalue weighted by molar-refractivity contribution is 6.23. The number of hydrogen-bond donors (Lipinski definition) is 0. The van der Waals surface area contributed by atoms with E-state index in [4.69, 9.17) is 11.6 Å². The van der Waals surface area contributed by atoms with Gasteiger partial charge in [-0.2, -0.15) is 0 Å². The van der Waals surface area contributed by atoms with Gasteiger partial charge < -0.3 is 0 Å². The van der Waals surface area contributed by atoms with Gasteiger partial charge in [-0.3, -0.25) is 0 Å². The lowest BCUT2D eigenvalue weighted by Crippen LogP contribution is -2.83. The first-order valence-electron chi connectivity index (χ1n) is 22.3. The van der Waals surface area contributed by atoms with Crippen molar-refractivity contribution in [2.45, 2.75) is 98.5 Å². The molecule has 60 heavy (non-hydrogen) atoms. The number of rotatable bonds is 15. The lowest BCUT2D eigenvalue weighted by molar-refractivity contribution is -0.365. The Morgan fingerprint density at radius 3 is 1.02 bits per heavy atom. The topological polar surface area (TPSA) is 0 Å². The highest BCUT2D eigenvalue weighted by atomic mass is 35.5. The molecule has 0 aromatic heterocycles. The summed E-state index contributed by atoms with van der Waals surface area (Å²) in [5.74, 6) is -0.199. The highest BCUT2D eigenvalue weighted by Crippen LogP contribution is 2.86. The Labute approximate surface area is 366 Å². The molecule has 0 aliphatic heterocycles. The van der Waals surface area contributed by atoms with Crippen molar-refractivity contribution in [1.82, 2.24) is 0 Å². The van der Waals surface area contributed by atoms with Gasteiger partial charge in [0.25, 0.3) is 0 Å². The fraction of sp³-hybridized carbons (Fsp3) is 0.379. The monoisotopic (exact) mass is 816 g/mol. The van der Waals surface area contributed by atoms with Crippen molar-refractivity contribution in [2.75, 3.05) is 0 Å². The van der Waals surface area contributed by atoms with Gasteiger partial charge >= 0.3 is 0 Å². The van der Waals surface area contributed by atoms with Crippen LogP contribution in [0.25, 0.3) is 0 Å². The summed E-state index contributed by atoms with van der Waals surface area (Å²) in [7, 11) is 0. The molecule has 0 amide bonds. The number of halogens is 2. The van der Waals surface area contributed by atoms with Gasteiger partial charge in [-0.05, 0) is 105 Å². The first-order chi connectivity index (χ1) is 28.7. The molecule has 0 saturated heterocycles. The van der Waals surface area contributed by atoms with Crippen molar-refractivity contribution in [3.05, 3.63) is 215 Å². The van der Waals surface area contributed by atoms with Crippen LogP contribution in [0.3, 0.4) is 0 Å². The van der Waals surface area contributed by atoms with E-state index in [2.05, 4.69) is 212 Å². The first kappa shape index (κ1) is 43.6. The Kier molecular flexibility index (Phi) is 12.5. The van der Waals surface area contributed by atoms with Crippen molar-refractivity contribution in [3.63, 3.8) is 0 Å². The number of alkyl halides is 2. The molecule has 0 N–H and O–H groups in total. The van der Waals surface area contributed by atoms with Crippen molar-refractivity contribution in [2.24, 2.45) is 38.4 Å². The zero-order valence-electron chi connectivity index (χ0n) is 37.1. The van der Waals surface area contributed by atoms with Crippen molar-refractivity contribution < 1.29 is 4.39 Å². The second-order valence-electron chi connectivity index (χ2n) is 19.4. The minimum Gasteiger partial charge on any atom is -0.225 e. The zero-order valence-corrected chi connectivity index (χ0v) is 37.9. The summed E-state index contributed by atoms with van der Waals surface area (Å²) < 4.78 is 20.6. The lowest BCUT2D eigenvalue weighted by Gasteiger charge is -2.84. The lowest BCUT2D eigenvalue weighted by atomic mass is 9.20. The molecule has 0 bridgehead atoms. The Morgan fingerprint density at radius 2 is 0.717 bits per heavy atom. The maximum absolute atomic E-state index is 20.6. The SMILES string of the molecule is CCC1(C)C(C)(Cc2ccccc2)C(C)(C)C(Cc2ccccc2)(Cc2ccccc2)C(C(C)C)(C(F)(Cl)Cc2ccccc2)C1(Cc1ccccc1)Cc1ccccc1. The van der Waals surface area contributed by atoms with Crippen LogP contribution >= 0.6 is 11.6 Å². The van der Waals surface area contributed by atoms with Crippen molar-refractivity contribution >= 4 is 11.6 Å². The third kappa shape index (κ3) is 6.98. The van der Waals surface area contributed by atoms with Crippen LogP contribution < -0.4 is 0 Å². The molecule has 2 heteroatoms. The van der Waals surface area contributed by atoms with Crippen LogP contribution in [0.1, 0.15) is 88.3 Å². The molecule has 7 rings (SSSR count). The van der Waals surface area contributed by atoms with Gasteiger partial charge in [-0.25, -0.2) is 4.39 Å². The standard InChI is InChI=1S/C58H66ClF/c1-8-53(6)54(7,39-46-27-15-9-16-28-46)52(4,5)55(40-47-29-17-10-18-30-47,41-48-31-19-11-20-32-48)58(45(2)3,57(59,60)44-51-37-25-14-26-38-51)56(53,42-49-33-21-12-22-34-49)43-50-35-23-13-24-36-50/h9-38,45H,8,39-44H2,1-7H3. The Hall–Kier alpha value is -4.46. The summed E-state index contributed by atoms with van der Waals surface area (Å²) >= 11 is 8.43. The predicted molar refractivity (Wildman–Crippen MR) is 253 cm³/mol. The summed E-state index contributed by atoms with van der Waals surface area (Å²) in [5, 5.41) is -2.21. The predicted octanol–water partition coefficient (Wildman–Crippen LogP) is 15.4. The Morgan fingerprint density at radius 1 is 0.433 bits per heavy atom. The van der Waals surface area contributed by atoms with Gasteiger partial charge in [0.2, 0.25) is 0 Å². The van der Waals surface area contributed by atoms with Gasteiger partial charge in [0.1, 0.15) is 0 Å². The average molecular weight is 818 g/mol. The van der Waals surface area contributed by atoms with Gasteiger partial charge in [0.05, 0.1) is 0 Å². The summed E-state index contributed by atoms with van der Waals surface area (Å²) in [5.41, 5.74) is 3.06. The molecule has 1 fully saturated rings. The molecule has 6 aromatic rings. The minimum atomic E-state index is -2.21. The van der Waals surface area contributed by atoms with Crippen LogP contribution in [0.4, 0.5) is 4.39 Å². The second-order valence-corrected chi connectivity index (χ2v) is 20.0. The third-order valence-electron chi connectivity index (χ3n) is 16.6. The van der Waals surface area contributed by atoms with E-state index in [9.17, 15) is 0 Å². The summed E-state index contributed by atoms with van der Waals surface area (Å²) in [6.07, 6.45) is 4.45. The average Bonchev–Trinajstić information content (AvgIpc) is 3.24. The zero-order chi connectivity index (χ0) is 42.7. The normalized spacial score (nSPS) is 24.1. The summed E-state index contributed by atoms with van der Waals surface area (Å²) in [4.78, 5) is 0. The summed E-state index contributed by atoms with van der Waals surface area (Å²) in [6, 6.07) is 65.3. The van der Waals surface area contributed by atoms with Crippen LogP contribution in [0.15, 0.2) is 182 Å². The second kappa shape index (κ2) is 17.1. The van der Waals surface area contributed by atoms with Gasteiger partial charge in [-0.1, -0.05) is 242 Å². The van der Waals surface area contributed by atoms with Gasteiger partial charge in [-0.15, -0.1) is 0 Å². The molecule has 0 spiro atoms. The van der Waals surface area contributed by atoms with Crippen LogP contribution in [-0.4, -0.2) is 5.13 Å². The largest absolute Gasteiger partial charge is 0.225 e. The Balaban J connectivity index is 1.76. The van der Waals surface area contributed by atoms with E-state index in [0.29, 0.717) is 25.7 Å². The molecule has 4 unspecified atom stereocenters. The molecule has 0 heterocycles. The highest BCUT2D eigenvalue weighted by Gasteiger charge is 2.86.